The minimum Gasteiger partial charge on any atom is -0.375 e. The predicted molar refractivity (Wildman–Crippen MR) is 135 cm³/mol. The van der Waals surface area contributed by atoms with E-state index in [-0.39, 0.29) is 17.8 Å². The Bertz CT molecular complexity index is 1320. The van der Waals surface area contributed by atoms with Crippen molar-refractivity contribution < 1.29 is 4.39 Å². The van der Waals surface area contributed by atoms with E-state index in [0.717, 1.165) is 36.5 Å². The molecule has 1 N–H and O–H groups in total. The summed E-state index contributed by atoms with van der Waals surface area (Å²) in [7, 11) is 3.66. The van der Waals surface area contributed by atoms with E-state index in [1.165, 1.54) is 17.2 Å². The molecule has 35 heavy (non-hydrogen) atoms. The van der Waals surface area contributed by atoms with Crippen LogP contribution in [0.25, 0.3) is 11.4 Å². The van der Waals surface area contributed by atoms with E-state index >= 15 is 0 Å². The summed E-state index contributed by atoms with van der Waals surface area (Å²) >= 11 is 0. The van der Waals surface area contributed by atoms with E-state index in [2.05, 4.69) is 60.4 Å². The summed E-state index contributed by atoms with van der Waals surface area (Å²) in [6, 6.07) is 13.9. The van der Waals surface area contributed by atoms with Crippen molar-refractivity contribution in [2.24, 2.45) is 0 Å². The molecule has 5 rings (SSSR count). The molecule has 2 atom stereocenters. The van der Waals surface area contributed by atoms with E-state index in [0.29, 0.717) is 23.0 Å². The Morgan fingerprint density at radius 3 is 2.40 bits per heavy atom. The van der Waals surface area contributed by atoms with Crippen molar-refractivity contribution >= 4 is 5.69 Å². The van der Waals surface area contributed by atoms with Crippen molar-refractivity contribution in [3.63, 3.8) is 0 Å². The number of hydrogen-bond donors (Lipinski definition) is 1. The second-order valence-corrected chi connectivity index (χ2v) is 9.95. The van der Waals surface area contributed by atoms with Gasteiger partial charge in [-0.05, 0) is 55.0 Å². The van der Waals surface area contributed by atoms with Crippen LogP contribution in [-0.4, -0.2) is 44.3 Å². The van der Waals surface area contributed by atoms with Gasteiger partial charge in [0.2, 0.25) is 0 Å². The van der Waals surface area contributed by atoms with Crippen molar-refractivity contribution in [1.29, 1.82) is 0 Å². The van der Waals surface area contributed by atoms with Crippen molar-refractivity contribution in [2.75, 3.05) is 19.0 Å². The lowest BCUT2D eigenvalue weighted by Crippen LogP contribution is -2.20. The molecule has 0 bridgehead atoms. The number of nitrogens with one attached hydrogen (secondary N) is 1. The zero-order chi connectivity index (χ0) is 24.7. The number of aryl methyl sites for hydroxylation is 1. The number of H-pyrrole nitrogens is 1. The van der Waals surface area contributed by atoms with Gasteiger partial charge in [0, 0.05) is 32.0 Å². The number of aromatic amines is 1. The molecular formula is C27H32FN7. The average molecular weight is 474 g/mol. The van der Waals surface area contributed by atoms with Crippen LogP contribution in [0.3, 0.4) is 0 Å². The maximum Gasteiger partial charge on any atom is 0.181 e. The number of aromatic nitrogens is 6. The number of benzene rings is 2. The zero-order valence-electron chi connectivity index (χ0n) is 21.0. The first-order chi connectivity index (χ1) is 16.8. The molecule has 2 unspecified atom stereocenters. The van der Waals surface area contributed by atoms with Gasteiger partial charge < -0.3 is 4.90 Å². The number of rotatable bonds is 6. The van der Waals surface area contributed by atoms with Crippen molar-refractivity contribution in [1.82, 2.24) is 30.2 Å². The van der Waals surface area contributed by atoms with Gasteiger partial charge in [-0.1, -0.05) is 38.1 Å². The molecule has 2 aromatic heterocycles. The second kappa shape index (κ2) is 9.24. The highest BCUT2D eigenvalue weighted by molar-refractivity contribution is 5.61. The summed E-state index contributed by atoms with van der Waals surface area (Å²) in [5.74, 6) is 1.81. The van der Waals surface area contributed by atoms with E-state index < -0.39 is 0 Å². The van der Waals surface area contributed by atoms with Gasteiger partial charge in [0.15, 0.2) is 5.82 Å². The molecule has 1 aliphatic rings. The maximum atomic E-state index is 14.8. The Kier molecular flexibility index (Phi) is 6.13. The molecule has 182 valence electrons. The van der Waals surface area contributed by atoms with Crippen LogP contribution in [0.2, 0.25) is 0 Å². The fourth-order valence-electron chi connectivity index (χ4n) is 4.84. The molecule has 4 aromatic rings. The zero-order valence-corrected chi connectivity index (χ0v) is 21.0. The normalized spacial score (nSPS) is 16.4. The molecule has 0 saturated heterocycles. The summed E-state index contributed by atoms with van der Waals surface area (Å²) < 4.78 is 16.8. The van der Waals surface area contributed by atoms with Crippen molar-refractivity contribution in [3.05, 3.63) is 76.6 Å². The van der Waals surface area contributed by atoms with Gasteiger partial charge in [0.1, 0.15) is 11.6 Å². The molecule has 2 aromatic carbocycles. The molecule has 2 heterocycles. The van der Waals surface area contributed by atoms with Gasteiger partial charge in [-0.3, -0.25) is 0 Å². The monoisotopic (exact) mass is 473 g/mol. The summed E-state index contributed by atoms with van der Waals surface area (Å²) in [6.07, 6.45) is 2.53. The topological polar surface area (TPSA) is 75.5 Å². The van der Waals surface area contributed by atoms with Crippen LogP contribution in [0.1, 0.15) is 73.4 Å². The Hall–Kier alpha value is -3.55. The predicted octanol–water partition coefficient (Wildman–Crippen LogP) is 5.27. The van der Waals surface area contributed by atoms with Gasteiger partial charge in [0.25, 0.3) is 0 Å². The Morgan fingerprint density at radius 1 is 1.00 bits per heavy atom. The summed E-state index contributed by atoms with van der Waals surface area (Å²) in [5.41, 5.74) is 5.71. The summed E-state index contributed by atoms with van der Waals surface area (Å²) in [4.78, 5) is 6.74. The lowest BCUT2D eigenvalue weighted by atomic mass is 9.89. The molecule has 7 nitrogen and oxygen atoms in total. The van der Waals surface area contributed by atoms with Gasteiger partial charge in [-0.15, -0.1) is 0 Å². The van der Waals surface area contributed by atoms with Crippen LogP contribution in [0.5, 0.6) is 0 Å². The lowest BCUT2D eigenvalue weighted by molar-refractivity contribution is 0.466. The quantitative estimate of drug-likeness (QED) is 0.413. The highest BCUT2D eigenvalue weighted by Gasteiger charge is 2.30. The first-order valence-electron chi connectivity index (χ1n) is 12.2. The van der Waals surface area contributed by atoms with Gasteiger partial charge >= 0.3 is 0 Å². The van der Waals surface area contributed by atoms with E-state index in [9.17, 15) is 4.39 Å². The highest BCUT2D eigenvalue weighted by atomic mass is 19.1. The van der Waals surface area contributed by atoms with Crippen LogP contribution in [-0.2, 0) is 12.8 Å². The van der Waals surface area contributed by atoms with Crippen LogP contribution in [0, 0.1) is 5.82 Å². The van der Waals surface area contributed by atoms with Crippen LogP contribution in [0.15, 0.2) is 42.5 Å². The SMILES string of the molecule is CC(C)c1ccc(C(C)n2nc(-c3ccc(N(C)C)c(F)c3)nc2C2CCc3n[nH]nc3C2)cc1. The largest absolute Gasteiger partial charge is 0.375 e. The van der Waals surface area contributed by atoms with Gasteiger partial charge in [0.05, 0.1) is 23.1 Å². The number of hydrogen-bond acceptors (Lipinski definition) is 5. The van der Waals surface area contributed by atoms with E-state index in [1.54, 1.807) is 11.0 Å². The summed E-state index contributed by atoms with van der Waals surface area (Å²) in [5, 5.41) is 16.3. The minimum absolute atomic E-state index is 0.0166. The van der Waals surface area contributed by atoms with Gasteiger partial charge in [-0.25, -0.2) is 14.1 Å². The summed E-state index contributed by atoms with van der Waals surface area (Å²) in [6.45, 7) is 6.54. The third-order valence-electron chi connectivity index (χ3n) is 7.04. The average Bonchev–Trinajstić information content (AvgIpc) is 3.50. The third kappa shape index (κ3) is 4.45. The second-order valence-electron chi connectivity index (χ2n) is 9.95. The van der Waals surface area contributed by atoms with Crippen LogP contribution in [0.4, 0.5) is 10.1 Å². The van der Waals surface area contributed by atoms with E-state index in [1.807, 2.05) is 24.8 Å². The van der Waals surface area contributed by atoms with Gasteiger partial charge in [-0.2, -0.15) is 20.5 Å². The molecule has 0 aliphatic heterocycles. The minimum atomic E-state index is -0.285. The Labute approximate surface area is 205 Å². The molecular weight excluding hydrogens is 441 g/mol. The fraction of sp³-hybridized carbons (Fsp3) is 0.407. The van der Waals surface area contributed by atoms with Crippen molar-refractivity contribution in [3.8, 4) is 11.4 Å². The number of fused-ring (bicyclic) bond motifs is 1. The number of anilines is 1. The molecule has 1 aliphatic carbocycles. The first kappa shape index (κ1) is 23.2. The Balaban J connectivity index is 1.55. The number of nitrogens with zero attached hydrogens (tertiary/aromatic N) is 6. The first-order valence-corrected chi connectivity index (χ1v) is 12.2. The lowest BCUT2D eigenvalue weighted by Gasteiger charge is -2.23. The molecule has 0 saturated carbocycles. The van der Waals surface area contributed by atoms with E-state index in [4.69, 9.17) is 10.1 Å². The molecule has 0 amide bonds. The molecule has 0 radical (unpaired) electrons. The molecule has 0 spiro atoms. The standard InChI is InChI=1S/C27H32FN7/c1-16(2)18-6-8-19(9-7-18)17(3)35-27(21-10-12-23-24(15-21)31-33-30-23)29-26(32-35)20-11-13-25(34(4)5)22(28)14-20/h6-9,11,13-14,16-17,21H,10,12,15H2,1-5H3,(H,30,31,33). The molecule has 0 fully saturated rings. The molecule has 8 heteroatoms. The fourth-order valence-corrected chi connectivity index (χ4v) is 4.84. The van der Waals surface area contributed by atoms with Crippen LogP contribution < -0.4 is 4.90 Å². The third-order valence-corrected chi connectivity index (χ3v) is 7.04. The maximum absolute atomic E-state index is 14.8. The Morgan fingerprint density at radius 2 is 1.71 bits per heavy atom. The van der Waals surface area contributed by atoms with Crippen molar-refractivity contribution in [2.45, 2.75) is 57.9 Å². The van der Waals surface area contributed by atoms with Crippen LogP contribution >= 0.6 is 0 Å². The highest BCUT2D eigenvalue weighted by Crippen LogP contribution is 2.34. The number of halogens is 1. The smallest absolute Gasteiger partial charge is 0.181 e.